The Balaban J connectivity index is 1.31. The molecule has 0 unspecified atom stereocenters. The van der Waals surface area contributed by atoms with E-state index >= 15 is 0 Å². The Kier molecular flexibility index (Phi) is 21.5. The van der Waals surface area contributed by atoms with Gasteiger partial charge < -0.3 is 62.6 Å². The summed E-state index contributed by atoms with van der Waals surface area (Å²) in [5.74, 6) is -4.61. The van der Waals surface area contributed by atoms with Crippen molar-refractivity contribution in [3.63, 3.8) is 0 Å². The van der Waals surface area contributed by atoms with Gasteiger partial charge in [-0.2, -0.15) is 0 Å². The molecule has 1 aliphatic heterocycles. The molecule has 4 aromatic rings. The Hall–Kier alpha value is -6.94. The second-order valence-corrected chi connectivity index (χ2v) is 19.6. The number of nitrogens with two attached hydrogens (primary N) is 1. The van der Waals surface area contributed by atoms with E-state index < -0.39 is 89.7 Å². The lowest BCUT2D eigenvalue weighted by atomic mass is 9.96. The number of carboxylic acids is 1. The number of carboxylic acid groups (broad SMARTS) is 1. The molecule has 1 aliphatic rings. The monoisotopic (exact) mass is 999 g/mol. The fraction of sp³-hybridized carbons (Fsp3) is 0.560. The van der Waals surface area contributed by atoms with Gasteiger partial charge in [0.15, 0.2) is 0 Å². The molecule has 3 aromatic heterocycles. The van der Waals surface area contributed by atoms with Gasteiger partial charge in [0.05, 0.1) is 31.1 Å². The number of nitrogens with one attached hydrogen (secondary N) is 9. The summed E-state index contributed by atoms with van der Waals surface area (Å²) in [7, 11) is 0. The zero-order chi connectivity index (χ0) is 52.3. The lowest BCUT2D eigenvalue weighted by Crippen LogP contribution is -2.60. The molecule has 392 valence electrons. The predicted molar refractivity (Wildman–Crippen MR) is 267 cm³/mol. The van der Waals surface area contributed by atoms with E-state index in [2.05, 4.69) is 61.8 Å². The number of aromatic amines is 3. The van der Waals surface area contributed by atoms with E-state index in [9.17, 15) is 38.7 Å². The topological polar surface area (TPSA) is 327 Å². The van der Waals surface area contributed by atoms with Crippen molar-refractivity contribution in [3.05, 3.63) is 90.5 Å². The van der Waals surface area contributed by atoms with Gasteiger partial charge in [-0.15, -0.1) is 0 Å². The Labute approximate surface area is 420 Å². The van der Waals surface area contributed by atoms with Crippen LogP contribution in [0.15, 0.2) is 67.9 Å². The van der Waals surface area contributed by atoms with E-state index in [1.807, 2.05) is 65.0 Å². The lowest BCUT2D eigenvalue weighted by molar-refractivity contribution is -0.142. The van der Waals surface area contributed by atoms with Crippen LogP contribution >= 0.6 is 0 Å². The average molecular weight is 999 g/mol. The zero-order valence-electron chi connectivity index (χ0n) is 42.2. The number of aromatic nitrogens is 6. The van der Waals surface area contributed by atoms with Gasteiger partial charge in [-0.05, 0) is 49.0 Å². The van der Waals surface area contributed by atoms with Crippen molar-refractivity contribution in [3.8, 4) is 0 Å². The van der Waals surface area contributed by atoms with Gasteiger partial charge in [0.25, 0.3) is 0 Å². The minimum atomic E-state index is -1.27. The molecule has 0 aliphatic carbocycles. The fourth-order valence-electron chi connectivity index (χ4n) is 8.80. The van der Waals surface area contributed by atoms with Gasteiger partial charge in [0.2, 0.25) is 35.4 Å². The Morgan fingerprint density at radius 1 is 0.681 bits per heavy atom. The van der Waals surface area contributed by atoms with E-state index in [1.165, 1.54) is 30.1 Å². The standard InChI is InChI=1S/C50H74N14O8/c1-7-31(6)43(48(69)62-41(50(71)72)21-35-24-54-28-58-35)63-44(65)38(17-30(4)5)55-25-36(16-29(2)3)59-45(66)40(20-34-23-53-27-57-34)60-46(67)39(18-32-12-9-8-10-13-32)61-47(68)42-14-11-15-64(42)49(70)37(51)19-33-22-52-26-56-33/h8-10,12-13,22-24,26-31,36-43,55H,7,11,14-21,25,51H2,1-6H3,(H,52,56)(H,53,57)(H,54,58)(H,59,66)(H,60,67)(H,61,68)(H,62,69)(H,63,65)(H,71,72)/t31-,36-,37-,38-,39-,40-,41-,42-,43-/m0/s1. The Bertz CT molecular complexity index is 2330. The first kappa shape index (κ1) is 56.0. The number of benzene rings is 1. The molecule has 0 spiro atoms. The number of nitrogens with zero attached hydrogens (tertiary/aromatic N) is 4. The highest BCUT2D eigenvalue weighted by molar-refractivity contribution is 5.95. The van der Waals surface area contributed by atoms with Crippen LogP contribution < -0.4 is 37.6 Å². The largest absolute Gasteiger partial charge is 0.480 e. The number of amides is 6. The van der Waals surface area contributed by atoms with E-state index in [0.717, 1.165) is 5.56 Å². The van der Waals surface area contributed by atoms with E-state index in [0.29, 0.717) is 55.7 Å². The predicted octanol–water partition coefficient (Wildman–Crippen LogP) is 1.05. The molecule has 72 heavy (non-hydrogen) atoms. The highest BCUT2D eigenvalue weighted by Gasteiger charge is 2.39. The van der Waals surface area contributed by atoms with Gasteiger partial charge in [-0.1, -0.05) is 78.3 Å². The first-order chi connectivity index (χ1) is 34.4. The van der Waals surface area contributed by atoms with Gasteiger partial charge in [0.1, 0.15) is 30.2 Å². The fourth-order valence-corrected chi connectivity index (χ4v) is 8.80. The third-order valence-corrected chi connectivity index (χ3v) is 12.8. The van der Waals surface area contributed by atoms with E-state index in [-0.39, 0.29) is 50.0 Å². The molecule has 0 radical (unpaired) electrons. The van der Waals surface area contributed by atoms with Crippen molar-refractivity contribution in [2.45, 2.75) is 148 Å². The van der Waals surface area contributed by atoms with Crippen LogP contribution in [0.4, 0.5) is 0 Å². The van der Waals surface area contributed by atoms with Crippen LogP contribution in [-0.2, 0) is 59.2 Å². The van der Waals surface area contributed by atoms with Crippen molar-refractivity contribution in [1.82, 2.24) is 66.7 Å². The highest BCUT2D eigenvalue weighted by atomic mass is 16.4. The smallest absolute Gasteiger partial charge is 0.326 e. The number of imidazole rings is 3. The molecule has 0 saturated carbocycles. The molecule has 4 heterocycles. The number of carbonyl (C=O) groups excluding carboxylic acids is 6. The van der Waals surface area contributed by atoms with Crippen molar-refractivity contribution < 1.29 is 38.7 Å². The van der Waals surface area contributed by atoms with Gasteiger partial charge >= 0.3 is 5.97 Å². The number of hydrogen-bond acceptors (Lipinski definition) is 12. The van der Waals surface area contributed by atoms with Crippen LogP contribution in [0.25, 0.3) is 0 Å². The maximum Gasteiger partial charge on any atom is 0.326 e. The summed E-state index contributed by atoms with van der Waals surface area (Å²) < 4.78 is 0. The molecule has 1 fully saturated rings. The van der Waals surface area contributed by atoms with Crippen molar-refractivity contribution in [2.75, 3.05) is 13.1 Å². The number of carbonyl (C=O) groups is 7. The molecule has 22 nitrogen and oxygen atoms in total. The van der Waals surface area contributed by atoms with Crippen LogP contribution in [0.3, 0.4) is 0 Å². The normalized spacial score (nSPS) is 17.0. The van der Waals surface area contributed by atoms with Gasteiger partial charge in [-0.3, -0.25) is 28.8 Å². The SMILES string of the molecule is CC[C@H](C)[C@H](NC(=O)[C@H](CC(C)C)NC[C@H](CC(C)C)NC(=O)[C@H](Cc1cnc[nH]1)NC(=O)[C@H](Cc1ccccc1)NC(=O)[C@@H]1CCCN1C(=O)[C@@H](N)Cc1cnc[nH]1)C(=O)N[C@@H](Cc1cnc[nH]1)C(=O)O. The molecule has 1 aromatic carbocycles. The zero-order valence-corrected chi connectivity index (χ0v) is 42.2. The van der Waals surface area contributed by atoms with Crippen LogP contribution in [0.2, 0.25) is 0 Å². The third kappa shape index (κ3) is 17.1. The summed E-state index contributed by atoms with van der Waals surface area (Å²) in [6.45, 7) is 12.0. The molecule has 12 N–H and O–H groups in total. The molecule has 0 bridgehead atoms. The lowest BCUT2D eigenvalue weighted by Gasteiger charge is -2.30. The van der Waals surface area contributed by atoms with Crippen molar-refractivity contribution >= 4 is 41.4 Å². The minimum absolute atomic E-state index is 0.0204. The second-order valence-electron chi connectivity index (χ2n) is 19.6. The number of aliphatic carboxylic acids is 1. The Morgan fingerprint density at radius 2 is 1.22 bits per heavy atom. The minimum Gasteiger partial charge on any atom is -0.480 e. The quantitative estimate of drug-likeness (QED) is 0.0363. The van der Waals surface area contributed by atoms with Crippen LogP contribution in [-0.4, -0.2) is 143 Å². The number of hydrogen-bond donors (Lipinski definition) is 11. The molecule has 9 atom stereocenters. The molecule has 1 saturated heterocycles. The molecule has 5 rings (SSSR count). The van der Waals surface area contributed by atoms with Crippen molar-refractivity contribution in [2.24, 2.45) is 23.5 Å². The van der Waals surface area contributed by atoms with Gasteiger partial charge in [-0.25, -0.2) is 19.7 Å². The summed E-state index contributed by atoms with van der Waals surface area (Å²) in [6.07, 6.45) is 11.6. The third-order valence-electron chi connectivity index (χ3n) is 12.8. The summed E-state index contributed by atoms with van der Waals surface area (Å²) in [5, 5.41) is 27.7. The first-order valence-electron chi connectivity index (χ1n) is 24.9. The van der Waals surface area contributed by atoms with E-state index in [4.69, 9.17) is 5.73 Å². The average Bonchev–Trinajstić information content (AvgIpc) is 4.21. The number of H-pyrrole nitrogens is 3. The van der Waals surface area contributed by atoms with Crippen LogP contribution in [0.1, 0.15) is 96.3 Å². The molecular formula is C50H74N14O8. The second kappa shape index (κ2) is 27.6. The highest BCUT2D eigenvalue weighted by Crippen LogP contribution is 2.20. The summed E-state index contributed by atoms with van der Waals surface area (Å²) in [6, 6.07) is 1.37. The van der Waals surface area contributed by atoms with Crippen LogP contribution in [0.5, 0.6) is 0 Å². The first-order valence-corrected chi connectivity index (χ1v) is 24.9. The maximum atomic E-state index is 14.5. The summed E-state index contributed by atoms with van der Waals surface area (Å²) in [4.78, 5) is 119. The van der Waals surface area contributed by atoms with E-state index in [1.54, 1.807) is 19.3 Å². The number of likely N-dealkylation sites (tertiary alicyclic amines) is 1. The van der Waals surface area contributed by atoms with Gasteiger partial charge in [0, 0.05) is 80.5 Å². The number of rotatable bonds is 29. The molecule has 22 heteroatoms. The van der Waals surface area contributed by atoms with Crippen molar-refractivity contribution in [1.29, 1.82) is 0 Å². The summed E-state index contributed by atoms with van der Waals surface area (Å²) in [5.41, 5.74) is 8.83. The van der Waals surface area contributed by atoms with Crippen LogP contribution in [0, 0.1) is 17.8 Å². The molecule has 6 amide bonds. The summed E-state index contributed by atoms with van der Waals surface area (Å²) >= 11 is 0. The maximum absolute atomic E-state index is 14.5. The molecular weight excluding hydrogens is 925 g/mol. The Morgan fingerprint density at radius 3 is 1.78 bits per heavy atom.